The average Bonchev–Trinajstić information content (AvgIpc) is 2.87. The third-order valence-electron chi connectivity index (χ3n) is 5.56. The van der Waals surface area contributed by atoms with Gasteiger partial charge in [0, 0.05) is 11.6 Å². The normalized spacial score (nSPS) is 14.3. The molecule has 36 heavy (non-hydrogen) atoms. The van der Waals surface area contributed by atoms with Crippen molar-refractivity contribution in [3.05, 3.63) is 94.6 Å². The second-order valence-electron chi connectivity index (χ2n) is 7.98. The van der Waals surface area contributed by atoms with Gasteiger partial charge in [0.1, 0.15) is 29.0 Å². The highest BCUT2D eigenvalue weighted by atomic mass is 19.1. The number of ether oxygens (including phenoxy) is 4. The maximum absolute atomic E-state index is 14.0. The summed E-state index contributed by atoms with van der Waals surface area (Å²) in [6.07, 6.45) is 0.850. The van der Waals surface area contributed by atoms with Gasteiger partial charge in [0.2, 0.25) is 5.88 Å². The van der Waals surface area contributed by atoms with Crippen LogP contribution < -0.4 is 24.7 Å². The molecule has 0 amide bonds. The molecule has 184 valence electrons. The van der Waals surface area contributed by atoms with Crippen molar-refractivity contribution in [2.24, 2.45) is 5.73 Å². The standard InChI is InChI=1S/C28H25FN2O5/c1-3-13-34-23-12-9-17(14-25(23)33-4-2)26-20-11-10-18(15-24(20)36-27(31)21(26)16-30)35-28(32)19-7-5-6-8-22(19)29/h5-12,14-15,26H,3-4,13,31H2,1-2H3. The van der Waals surface area contributed by atoms with Crippen molar-refractivity contribution in [3.63, 3.8) is 0 Å². The number of nitrogens with zero attached hydrogens (tertiary/aromatic N) is 1. The van der Waals surface area contributed by atoms with Gasteiger partial charge in [0.15, 0.2) is 11.5 Å². The fraction of sp³-hybridized carbons (Fsp3) is 0.214. The number of halogens is 1. The van der Waals surface area contributed by atoms with Crippen molar-refractivity contribution < 1.29 is 28.1 Å². The Labute approximate surface area is 208 Å². The Morgan fingerprint density at radius 1 is 1.08 bits per heavy atom. The highest BCUT2D eigenvalue weighted by Crippen LogP contribution is 2.45. The van der Waals surface area contributed by atoms with Crippen LogP contribution in [0.2, 0.25) is 0 Å². The van der Waals surface area contributed by atoms with Crippen molar-refractivity contribution in [1.29, 1.82) is 5.26 Å². The zero-order valence-electron chi connectivity index (χ0n) is 19.9. The van der Waals surface area contributed by atoms with Crippen molar-refractivity contribution >= 4 is 5.97 Å². The lowest BCUT2D eigenvalue weighted by atomic mass is 9.83. The number of nitrogens with two attached hydrogens (primary N) is 1. The van der Waals surface area contributed by atoms with Crippen molar-refractivity contribution in [2.45, 2.75) is 26.2 Å². The minimum atomic E-state index is -0.842. The summed E-state index contributed by atoms with van der Waals surface area (Å²) in [6.45, 7) is 4.88. The quantitative estimate of drug-likeness (QED) is 0.332. The summed E-state index contributed by atoms with van der Waals surface area (Å²) in [5.74, 6) is -0.494. The van der Waals surface area contributed by atoms with Crippen LogP contribution in [0.25, 0.3) is 0 Å². The summed E-state index contributed by atoms with van der Waals surface area (Å²) in [4.78, 5) is 12.5. The summed E-state index contributed by atoms with van der Waals surface area (Å²) in [5, 5.41) is 9.86. The Kier molecular flexibility index (Phi) is 7.40. The first-order valence-corrected chi connectivity index (χ1v) is 11.5. The first kappa shape index (κ1) is 24.6. The summed E-state index contributed by atoms with van der Waals surface area (Å²) in [6, 6.07) is 17.9. The number of nitriles is 1. The molecule has 4 rings (SSSR count). The summed E-state index contributed by atoms with van der Waals surface area (Å²) >= 11 is 0. The Hall–Kier alpha value is -4.51. The molecule has 7 nitrogen and oxygen atoms in total. The van der Waals surface area contributed by atoms with E-state index in [0.29, 0.717) is 36.0 Å². The Balaban J connectivity index is 1.70. The smallest absolute Gasteiger partial charge is 0.346 e. The van der Waals surface area contributed by atoms with Crippen LogP contribution in [-0.2, 0) is 0 Å². The Morgan fingerprint density at radius 2 is 1.89 bits per heavy atom. The van der Waals surface area contributed by atoms with Crippen LogP contribution in [0.5, 0.6) is 23.0 Å². The fourth-order valence-corrected chi connectivity index (χ4v) is 3.93. The van der Waals surface area contributed by atoms with Gasteiger partial charge in [-0.3, -0.25) is 0 Å². The molecule has 3 aromatic carbocycles. The molecule has 0 aliphatic carbocycles. The molecule has 0 saturated heterocycles. The average molecular weight is 489 g/mol. The van der Waals surface area contributed by atoms with E-state index in [2.05, 4.69) is 6.07 Å². The summed E-state index contributed by atoms with van der Waals surface area (Å²) in [7, 11) is 0. The van der Waals surface area contributed by atoms with E-state index in [1.165, 1.54) is 24.3 Å². The number of fused-ring (bicyclic) bond motifs is 1. The number of benzene rings is 3. The zero-order chi connectivity index (χ0) is 25.7. The molecule has 2 N–H and O–H groups in total. The van der Waals surface area contributed by atoms with E-state index in [-0.39, 0.29) is 22.8 Å². The number of esters is 1. The molecule has 0 aromatic heterocycles. The molecule has 0 spiro atoms. The van der Waals surface area contributed by atoms with Crippen LogP contribution in [-0.4, -0.2) is 19.2 Å². The van der Waals surface area contributed by atoms with Gasteiger partial charge in [-0.2, -0.15) is 5.26 Å². The van der Waals surface area contributed by atoms with Crippen LogP contribution in [0.4, 0.5) is 4.39 Å². The van der Waals surface area contributed by atoms with E-state index in [9.17, 15) is 14.4 Å². The summed E-state index contributed by atoms with van der Waals surface area (Å²) in [5.41, 5.74) is 7.56. The molecule has 1 heterocycles. The molecular weight excluding hydrogens is 463 g/mol. The lowest BCUT2D eigenvalue weighted by molar-refractivity contribution is 0.0729. The molecule has 1 aliphatic heterocycles. The number of rotatable bonds is 8. The lowest BCUT2D eigenvalue weighted by Crippen LogP contribution is -2.21. The van der Waals surface area contributed by atoms with Gasteiger partial charge in [0.25, 0.3) is 0 Å². The van der Waals surface area contributed by atoms with Gasteiger partial charge in [-0.15, -0.1) is 0 Å². The van der Waals surface area contributed by atoms with Crippen molar-refractivity contribution in [2.75, 3.05) is 13.2 Å². The van der Waals surface area contributed by atoms with E-state index in [4.69, 9.17) is 24.7 Å². The minimum Gasteiger partial charge on any atom is -0.490 e. The lowest BCUT2D eigenvalue weighted by Gasteiger charge is -2.27. The highest BCUT2D eigenvalue weighted by molar-refractivity contribution is 5.91. The van der Waals surface area contributed by atoms with E-state index in [1.54, 1.807) is 24.3 Å². The molecule has 1 aliphatic rings. The molecule has 0 saturated carbocycles. The van der Waals surface area contributed by atoms with Crippen LogP contribution >= 0.6 is 0 Å². The fourth-order valence-electron chi connectivity index (χ4n) is 3.93. The van der Waals surface area contributed by atoms with Gasteiger partial charge >= 0.3 is 5.97 Å². The molecule has 8 heteroatoms. The second-order valence-corrected chi connectivity index (χ2v) is 7.98. The first-order chi connectivity index (χ1) is 17.5. The maximum Gasteiger partial charge on any atom is 0.346 e. The predicted molar refractivity (Wildman–Crippen MR) is 130 cm³/mol. The molecular formula is C28H25FN2O5. The number of hydrogen-bond acceptors (Lipinski definition) is 7. The molecule has 1 atom stereocenters. The van der Waals surface area contributed by atoms with Crippen LogP contribution in [0.15, 0.2) is 72.1 Å². The van der Waals surface area contributed by atoms with Crippen LogP contribution in [0, 0.1) is 17.1 Å². The summed E-state index contributed by atoms with van der Waals surface area (Å²) < 4.78 is 36.6. The van der Waals surface area contributed by atoms with E-state index in [0.717, 1.165) is 12.0 Å². The minimum absolute atomic E-state index is 0.0585. The monoisotopic (exact) mass is 488 g/mol. The number of allylic oxidation sites excluding steroid dienone is 1. The predicted octanol–water partition coefficient (Wildman–Crippen LogP) is 5.45. The topological polar surface area (TPSA) is 104 Å². The third kappa shape index (κ3) is 4.96. The third-order valence-corrected chi connectivity index (χ3v) is 5.56. The van der Waals surface area contributed by atoms with Crippen molar-refractivity contribution in [3.8, 4) is 29.1 Å². The zero-order valence-corrected chi connectivity index (χ0v) is 19.9. The number of carbonyl (C=O) groups is 1. The van der Waals surface area contributed by atoms with Gasteiger partial charge in [0.05, 0.1) is 24.7 Å². The van der Waals surface area contributed by atoms with E-state index in [1.807, 2.05) is 26.0 Å². The second kappa shape index (κ2) is 10.8. The van der Waals surface area contributed by atoms with E-state index >= 15 is 0 Å². The Morgan fingerprint density at radius 3 is 2.61 bits per heavy atom. The van der Waals surface area contributed by atoms with Crippen molar-refractivity contribution in [1.82, 2.24) is 0 Å². The van der Waals surface area contributed by atoms with Gasteiger partial charge in [-0.05, 0) is 49.2 Å². The maximum atomic E-state index is 14.0. The first-order valence-electron chi connectivity index (χ1n) is 11.5. The molecule has 1 unspecified atom stereocenters. The van der Waals surface area contributed by atoms with Crippen LogP contribution in [0.1, 0.15) is 47.7 Å². The largest absolute Gasteiger partial charge is 0.490 e. The number of hydrogen-bond donors (Lipinski definition) is 1. The van der Waals surface area contributed by atoms with Gasteiger partial charge in [-0.1, -0.05) is 31.2 Å². The molecule has 3 aromatic rings. The Bertz CT molecular complexity index is 1360. The van der Waals surface area contributed by atoms with Crippen LogP contribution in [0.3, 0.4) is 0 Å². The molecule has 0 bridgehead atoms. The van der Waals surface area contributed by atoms with Gasteiger partial charge < -0.3 is 24.7 Å². The molecule has 0 radical (unpaired) electrons. The molecule has 0 fully saturated rings. The number of carbonyl (C=O) groups excluding carboxylic acids is 1. The van der Waals surface area contributed by atoms with E-state index < -0.39 is 17.7 Å². The SMILES string of the molecule is CCCOc1ccc(C2C(C#N)=C(N)Oc3cc(OC(=O)c4ccccc4F)ccc32)cc1OCC. The highest BCUT2D eigenvalue weighted by Gasteiger charge is 2.32. The van der Waals surface area contributed by atoms with Gasteiger partial charge in [-0.25, -0.2) is 9.18 Å².